The van der Waals surface area contributed by atoms with Gasteiger partial charge in [0.05, 0.1) is 17.2 Å². The monoisotopic (exact) mass is 219 g/mol. The van der Waals surface area contributed by atoms with Crippen molar-refractivity contribution in [1.29, 1.82) is 0 Å². The van der Waals surface area contributed by atoms with E-state index in [0.717, 1.165) is 16.7 Å². The first-order chi connectivity index (χ1) is 8.42. The lowest BCUT2D eigenvalue weighted by molar-refractivity contribution is 1.21. The van der Waals surface area contributed by atoms with Gasteiger partial charge in [-0.15, -0.1) is 0 Å². The molecule has 2 aromatic heterocycles. The Morgan fingerprint density at radius 1 is 0.941 bits per heavy atom. The minimum atomic E-state index is 0.882. The molecule has 0 N–H and O–H groups in total. The van der Waals surface area contributed by atoms with E-state index in [4.69, 9.17) is 0 Å². The van der Waals surface area contributed by atoms with E-state index in [2.05, 4.69) is 44.7 Å². The van der Waals surface area contributed by atoms with Gasteiger partial charge in [0, 0.05) is 12.4 Å². The normalized spacial score (nSPS) is 11.5. The molecule has 0 amide bonds. The van der Waals surface area contributed by atoms with Crippen molar-refractivity contribution in [2.24, 2.45) is 0 Å². The third-order valence-electron chi connectivity index (χ3n) is 3.09. The molecule has 0 saturated heterocycles. The van der Waals surface area contributed by atoms with Crippen LogP contribution in [0.15, 0.2) is 55.0 Å². The van der Waals surface area contributed by atoms with Gasteiger partial charge >= 0.3 is 0 Å². The molecule has 80 valence electrons. The lowest BCUT2D eigenvalue weighted by Gasteiger charge is -2.03. The summed E-state index contributed by atoms with van der Waals surface area (Å²) in [6.45, 7) is 0. The van der Waals surface area contributed by atoms with Gasteiger partial charge in [0.15, 0.2) is 5.65 Å². The minimum Gasteiger partial charge on any atom is -0.297 e. The van der Waals surface area contributed by atoms with E-state index >= 15 is 0 Å². The minimum absolute atomic E-state index is 0.882. The Labute approximate surface area is 97.4 Å². The molecule has 0 atom stereocenters. The summed E-state index contributed by atoms with van der Waals surface area (Å²) in [6, 6.07) is 12.6. The maximum absolute atomic E-state index is 4.45. The van der Waals surface area contributed by atoms with E-state index < -0.39 is 0 Å². The molecule has 17 heavy (non-hydrogen) atoms. The molecule has 2 heterocycles. The van der Waals surface area contributed by atoms with Crippen LogP contribution in [0.1, 0.15) is 0 Å². The quantitative estimate of drug-likeness (QED) is 0.425. The molecule has 0 saturated carbocycles. The Hall–Kier alpha value is -2.42. The van der Waals surface area contributed by atoms with Gasteiger partial charge in [-0.1, -0.05) is 24.3 Å². The number of nitrogens with zero attached hydrogens (tertiary/aromatic N) is 3. The van der Waals surface area contributed by atoms with Crippen LogP contribution in [0, 0.1) is 0 Å². The molecule has 0 unspecified atom stereocenters. The average molecular weight is 219 g/mol. The van der Waals surface area contributed by atoms with Gasteiger partial charge in [-0.05, 0) is 22.9 Å². The van der Waals surface area contributed by atoms with Crippen molar-refractivity contribution in [1.82, 2.24) is 14.4 Å². The lowest BCUT2D eigenvalue weighted by Crippen LogP contribution is -1.90. The van der Waals surface area contributed by atoms with E-state index in [9.17, 15) is 0 Å². The van der Waals surface area contributed by atoms with Gasteiger partial charge in [-0.25, -0.2) is 4.98 Å². The van der Waals surface area contributed by atoms with E-state index in [1.807, 2.05) is 12.3 Å². The third kappa shape index (κ3) is 1.16. The standard InChI is InChI=1S/C14H9N3/c1-2-4-11-8-13-12(7-10(11)3-1)16-9-14-15-5-6-17(13)14/h1-9H. The van der Waals surface area contributed by atoms with Crippen molar-refractivity contribution in [2.45, 2.75) is 0 Å². The fourth-order valence-electron chi connectivity index (χ4n) is 2.25. The van der Waals surface area contributed by atoms with E-state index in [1.165, 1.54) is 10.8 Å². The summed E-state index contributed by atoms with van der Waals surface area (Å²) in [5, 5.41) is 2.44. The molecule has 0 spiro atoms. The first kappa shape index (κ1) is 8.70. The zero-order chi connectivity index (χ0) is 11.2. The van der Waals surface area contributed by atoms with Crippen LogP contribution in [0.5, 0.6) is 0 Å². The van der Waals surface area contributed by atoms with Crippen LogP contribution in [0.4, 0.5) is 0 Å². The fraction of sp³-hybridized carbons (Fsp3) is 0. The second kappa shape index (κ2) is 3.04. The van der Waals surface area contributed by atoms with Crippen molar-refractivity contribution in [3.63, 3.8) is 0 Å². The third-order valence-corrected chi connectivity index (χ3v) is 3.09. The van der Waals surface area contributed by atoms with Gasteiger partial charge in [0.1, 0.15) is 0 Å². The summed E-state index contributed by atoms with van der Waals surface area (Å²) in [6.07, 6.45) is 5.57. The van der Waals surface area contributed by atoms with Crippen LogP contribution >= 0.6 is 0 Å². The summed E-state index contributed by atoms with van der Waals surface area (Å²) in [5.41, 5.74) is 2.97. The molecular formula is C14H9N3. The summed E-state index contributed by atoms with van der Waals surface area (Å²) in [7, 11) is 0. The zero-order valence-electron chi connectivity index (χ0n) is 9.04. The molecule has 0 fully saturated rings. The molecule has 4 rings (SSSR count). The Kier molecular flexibility index (Phi) is 1.56. The molecule has 3 heteroatoms. The second-order valence-corrected chi connectivity index (χ2v) is 4.10. The van der Waals surface area contributed by atoms with Crippen molar-refractivity contribution in [2.75, 3.05) is 0 Å². The van der Waals surface area contributed by atoms with Gasteiger partial charge in [0.25, 0.3) is 0 Å². The summed E-state index contributed by atoms with van der Waals surface area (Å²) < 4.78 is 2.06. The maximum atomic E-state index is 4.45. The van der Waals surface area contributed by atoms with Crippen LogP contribution in [0.2, 0.25) is 0 Å². The van der Waals surface area contributed by atoms with E-state index in [0.29, 0.717) is 0 Å². The lowest BCUT2D eigenvalue weighted by atomic mass is 10.1. The van der Waals surface area contributed by atoms with Crippen LogP contribution in [0.25, 0.3) is 27.5 Å². The number of hydrogen-bond acceptors (Lipinski definition) is 2. The van der Waals surface area contributed by atoms with Crippen LogP contribution < -0.4 is 0 Å². The van der Waals surface area contributed by atoms with Crippen LogP contribution in [-0.2, 0) is 0 Å². The maximum Gasteiger partial charge on any atom is 0.155 e. The van der Waals surface area contributed by atoms with E-state index in [-0.39, 0.29) is 0 Å². The number of rotatable bonds is 0. The summed E-state index contributed by atoms with van der Waals surface area (Å²) in [5.74, 6) is 0. The Morgan fingerprint density at radius 3 is 2.65 bits per heavy atom. The molecule has 0 aliphatic rings. The highest BCUT2D eigenvalue weighted by molar-refractivity contribution is 5.95. The highest BCUT2D eigenvalue weighted by Crippen LogP contribution is 2.21. The molecule has 0 radical (unpaired) electrons. The van der Waals surface area contributed by atoms with Crippen LogP contribution in [-0.4, -0.2) is 14.4 Å². The predicted octanol–water partition coefficient (Wildman–Crippen LogP) is 3.04. The topological polar surface area (TPSA) is 30.2 Å². The molecule has 2 aromatic carbocycles. The van der Waals surface area contributed by atoms with Crippen molar-refractivity contribution in [3.8, 4) is 0 Å². The first-order valence-corrected chi connectivity index (χ1v) is 5.52. The number of benzene rings is 2. The first-order valence-electron chi connectivity index (χ1n) is 5.52. The SMILES string of the molecule is c1ccc2cc3c(cc2c1)ncc1nccn13. The van der Waals surface area contributed by atoms with Crippen molar-refractivity contribution >= 4 is 27.5 Å². The molecule has 4 aromatic rings. The van der Waals surface area contributed by atoms with Crippen LogP contribution in [0.3, 0.4) is 0 Å². The molecule has 0 aliphatic heterocycles. The largest absolute Gasteiger partial charge is 0.297 e. The number of aromatic nitrogens is 3. The van der Waals surface area contributed by atoms with Gasteiger partial charge in [0.2, 0.25) is 0 Å². The Balaban J connectivity index is 2.29. The number of hydrogen-bond donors (Lipinski definition) is 0. The number of imidazole rings is 1. The molecular weight excluding hydrogens is 210 g/mol. The Bertz CT molecular complexity index is 846. The highest BCUT2D eigenvalue weighted by Gasteiger charge is 2.03. The van der Waals surface area contributed by atoms with Crippen molar-refractivity contribution < 1.29 is 0 Å². The van der Waals surface area contributed by atoms with E-state index in [1.54, 1.807) is 12.4 Å². The Morgan fingerprint density at radius 2 is 1.76 bits per heavy atom. The average Bonchev–Trinajstić information content (AvgIpc) is 2.85. The predicted molar refractivity (Wildman–Crippen MR) is 68.0 cm³/mol. The summed E-state index contributed by atoms with van der Waals surface area (Å²) in [4.78, 5) is 8.70. The second-order valence-electron chi connectivity index (χ2n) is 4.10. The fourth-order valence-corrected chi connectivity index (χ4v) is 2.25. The smallest absolute Gasteiger partial charge is 0.155 e. The highest BCUT2D eigenvalue weighted by atomic mass is 15.0. The molecule has 0 aliphatic carbocycles. The van der Waals surface area contributed by atoms with Gasteiger partial charge < -0.3 is 0 Å². The van der Waals surface area contributed by atoms with Gasteiger partial charge in [-0.3, -0.25) is 9.38 Å². The zero-order valence-corrected chi connectivity index (χ0v) is 9.04. The molecule has 0 bridgehead atoms. The molecule has 3 nitrogen and oxygen atoms in total. The summed E-state index contributed by atoms with van der Waals surface area (Å²) >= 11 is 0. The number of fused-ring (bicyclic) bond motifs is 4. The van der Waals surface area contributed by atoms with Gasteiger partial charge in [-0.2, -0.15) is 0 Å². The van der Waals surface area contributed by atoms with Crippen molar-refractivity contribution in [3.05, 3.63) is 55.0 Å².